The van der Waals surface area contributed by atoms with Crippen molar-refractivity contribution in [2.45, 2.75) is 13.5 Å². The number of rotatable bonds is 6. The first kappa shape index (κ1) is 18.2. The van der Waals surface area contributed by atoms with Crippen molar-refractivity contribution in [2.75, 3.05) is 11.9 Å². The number of benzene rings is 2. The zero-order valence-electron chi connectivity index (χ0n) is 14.2. The lowest BCUT2D eigenvalue weighted by Gasteiger charge is -2.11. The minimum atomic E-state index is -0.247. The van der Waals surface area contributed by atoms with Gasteiger partial charge in [-0.3, -0.25) is 4.79 Å². The smallest absolute Gasteiger partial charge is 0.262 e. The predicted molar refractivity (Wildman–Crippen MR) is 103 cm³/mol. The molecule has 134 valence electrons. The van der Waals surface area contributed by atoms with Gasteiger partial charge in [0.1, 0.15) is 23.9 Å². The fraction of sp³-hybridized carbons (Fsp3) is 0.150. The second-order valence-corrected chi connectivity index (χ2v) is 6.66. The molecule has 2 aromatic carbocycles. The zero-order chi connectivity index (χ0) is 18.5. The molecule has 0 saturated carbocycles. The van der Waals surface area contributed by atoms with Crippen molar-refractivity contribution in [2.24, 2.45) is 0 Å². The Balaban J connectivity index is 1.67. The highest BCUT2D eigenvalue weighted by Gasteiger charge is 2.10. The zero-order valence-corrected chi connectivity index (χ0v) is 15.7. The summed E-state index contributed by atoms with van der Waals surface area (Å²) in [6.07, 6.45) is 0. The molecule has 0 atom stereocenters. The average Bonchev–Trinajstić information content (AvgIpc) is 3.12. The Morgan fingerprint density at radius 2 is 1.92 bits per heavy atom. The molecule has 1 amide bonds. The van der Waals surface area contributed by atoms with E-state index in [4.69, 9.17) is 14.3 Å². The quantitative estimate of drug-likeness (QED) is 0.620. The maximum Gasteiger partial charge on any atom is 0.262 e. The maximum atomic E-state index is 12.2. The minimum Gasteiger partial charge on any atom is -0.484 e. The van der Waals surface area contributed by atoms with Gasteiger partial charge in [-0.05, 0) is 55.0 Å². The number of hydrogen-bond acceptors (Lipinski definition) is 4. The Morgan fingerprint density at radius 3 is 2.62 bits per heavy atom. The van der Waals surface area contributed by atoms with E-state index < -0.39 is 0 Å². The molecule has 0 unspecified atom stereocenters. The molecule has 1 aromatic heterocycles. The van der Waals surface area contributed by atoms with Crippen molar-refractivity contribution in [3.63, 3.8) is 0 Å². The van der Waals surface area contributed by atoms with Gasteiger partial charge >= 0.3 is 0 Å². The summed E-state index contributed by atoms with van der Waals surface area (Å²) >= 11 is 3.35. The van der Waals surface area contributed by atoms with E-state index in [-0.39, 0.29) is 19.1 Å². The molecule has 0 fully saturated rings. The molecule has 5 nitrogen and oxygen atoms in total. The molecule has 0 aliphatic heterocycles. The van der Waals surface area contributed by atoms with Crippen LogP contribution in [0.15, 0.2) is 63.5 Å². The normalized spacial score (nSPS) is 10.6. The summed E-state index contributed by atoms with van der Waals surface area (Å²) in [4.78, 5) is 12.2. The number of anilines is 1. The van der Waals surface area contributed by atoms with Crippen molar-refractivity contribution >= 4 is 27.5 Å². The molecule has 0 saturated heterocycles. The first-order valence-electron chi connectivity index (χ1n) is 8.04. The van der Waals surface area contributed by atoms with E-state index in [0.29, 0.717) is 23.0 Å². The van der Waals surface area contributed by atoms with E-state index in [1.54, 1.807) is 24.3 Å². The first-order valence-corrected chi connectivity index (χ1v) is 8.83. The van der Waals surface area contributed by atoms with Crippen LogP contribution < -0.4 is 10.1 Å². The van der Waals surface area contributed by atoms with Crippen molar-refractivity contribution < 1.29 is 19.1 Å². The molecule has 0 aliphatic rings. The Labute approximate surface area is 159 Å². The van der Waals surface area contributed by atoms with Crippen molar-refractivity contribution in [1.82, 2.24) is 0 Å². The second kappa shape index (κ2) is 8.21. The van der Waals surface area contributed by atoms with Crippen LogP contribution in [0.2, 0.25) is 0 Å². The maximum absolute atomic E-state index is 12.2. The lowest BCUT2D eigenvalue weighted by Crippen LogP contribution is -2.20. The molecule has 0 aliphatic carbocycles. The van der Waals surface area contributed by atoms with Crippen LogP contribution in [0.25, 0.3) is 11.3 Å². The van der Waals surface area contributed by atoms with Crippen molar-refractivity contribution in [1.29, 1.82) is 0 Å². The van der Waals surface area contributed by atoms with Gasteiger partial charge in [-0.15, -0.1) is 0 Å². The van der Waals surface area contributed by atoms with Gasteiger partial charge in [0, 0.05) is 15.7 Å². The SMILES string of the molecule is Cc1ccc(-c2ccc(CO)o2)cc1NC(=O)COc1ccc(Br)cc1. The van der Waals surface area contributed by atoms with Crippen LogP contribution in [0.4, 0.5) is 5.69 Å². The van der Waals surface area contributed by atoms with Crippen molar-refractivity contribution in [3.8, 4) is 17.1 Å². The highest BCUT2D eigenvalue weighted by molar-refractivity contribution is 9.10. The summed E-state index contributed by atoms with van der Waals surface area (Å²) in [6.45, 7) is 1.68. The Hall–Kier alpha value is -2.57. The minimum absolute atomic E-state index is 0.0826. The summed E-state index contributed by atoms with van der Waals surface area (Å²) < 4.78 is 12.0. The van der Waals surface area contributed by atoms with E-state index in [1.807, 2.05) is 37.3 Å². The molecule has 6 heteroatoms. The molecule has 0 radical (unpaired) electrons. The van der Waals surface area contributed by atoms with Crippen LogP contribution in [0.1, 0.15) is 11.3 Å². The number of furan rings is 1. The summed E-state index contributed by atoms with van der Waals surface area (Å²) in [6, 6.07) is 16.4. The third kappa shape index (κ3) is 4.53. The van der Waals surface area contributed by atoms with Gasteiger partial charge in [0.2, 0.25) is 0 Å². The van der Waals surface area contributed by atoms with Crippen molar-refractivity contribution in [3.05, 3.63) is 70.4 Å². The number of ether oxygens (including phenoxy) is 1. The molecular formula is C20H18BrNO4. The monoisotopic (exact) mass is 415 g/mol. The van der Waals surface area contributed by atoms with E-state index in [9.17, 15) is 4.79 Å². The molecule has 3 aromatic rings. The third-order valence-corrected chi connectivity index (χ3v) is 4.33. The molecular weight excluding hydrogens is 398 g/mol. The molecule has 1 heterocycles. The van der Waals surface area contributed by atoms with E-state index in [1.165, 1.54) is 0 Å². The number of carbonyl (C=O) groups is 1. The van der Waals surface area contributed by atoms with Gasteiger partial charge in [0.05, 0.1) is 0 Å². The number of aliphatic hydroxyl groups is 1. The topological polar surface area (TPSA) is 71.7 Å². The Morgan fingerprint density at radius 1 is 1.15 bits per heavy atom. The number of halogens is 1. The largest absolute Gasteiger partial charge is 0.484 e. The predicted octanol–water partition coefficient (Wildman–Crippen LogP) is 4.53. The number of amides is 1. The Kier molecular flexibility index (Phi) is 5.75. The van der Waals surface area contributed by atoms with Crippen LogP contribution in [0, 0.1) is 6.92 Å². The van der Waals surface area contributed by atoms with Gasteiger partial charge in [0.15, 0.2) is 6.61 Å². The summed E-state index contributed by atoms with van der Waals surface area (Å²) in [5.41, 5.74) is 2.44. The molecule has 0 spiro atoms. The molecule has 0 bridgehead atoms. The number of aliphatic hydroxyl groups excluding tert-OH is 1. The van der Waals surface area contributed by atoms with Crippen LogP contribution >= 0.6 is 15.9 Å². The van der Waals surface area contributed by atoms with Crippen LogP contribution in [-0.2, 0) is 11.4 Å². The average molecular weight is 416 g/mol. The van der Waals surface area contributed by atoms with Crippen LogP contribution in [0.3, 0.4) is 0 Å². The highest BCUT2D eigenvalue weighted by Crippen LogP contribution is 2.27. The number of nitrogens with one attached hydrogen (secondary N) is 1. The van der Waals surface area contributed by atoms with Gasteiger partial charge in [-0.2, -0.15) is 0 Å². The second-order valence-electron chi connectivity index (χ2n) is 5.74. The van der Waals surface area contributed by atoms with Gasteiger partial charge < -0.3 is 19.6 Å². The standard InChI is InChI=1S/C20H18BrNO4/c1-13-2-3-14(19-9-8-17(11-23)26-19)10-18(13)22-20(24)12-25-16-6-4-15(21)5-7-16/h2-10,23H,11-12H2,1H3,(H,22,24). The molecule has 26 heavy (non-hydrogen) atoms. The first-order chi connectivity index (χ1) is 12.5. The number of carbonyl (C=O) groups excluding carboxylic acids is 1. The molecule has 2 N–H and O–H groups in total. The fourth-order valence-corrected chi connectivity index (χ4v) is 2.66. The molecule has 3 rings (SSSR count). The highest BCUT2D eigenvalue weighted by atomic mass is 79.9. The van der Waals surface area contributed by atoms with E-state index in [0.717, 1.165) is 15.6 Å². The summed E-state index contributed by atoms with van der Waals surface area (Å²) in [5, 5.41) is 12.0. The van der Waals surface area contributed by atoms with E-state index in [2.05, 4.69) is 21.2 Å². The summed E-state index contributed by atoms with van der Waals surface area (Å²) in [7, 11) is 0. The van der Waals surface area contributed by atoms with Crippen LogP contribution in [0.5, 0.6) is 5.75 Å². The number of aryl methyl sites for hydroxylation is 1. The van der Waals surface area contributed by atoms with E-state index >= 15 is 0 Å². The van der Waals surface area contributed by atoms with Crippen LogP contribution in [-0.4, -0.2) is 17.6 Å². The fourth-order valence-electron chi connectivity index (χ4n) is 2.39. The lowest BCUT2D eigenvalue weighted by atomic mass is 10.1. The Bertz CT molecular complexity index is 902. The van der Waals surface area contributed by atoms with Gasteiger partial charge in [-0.25, -0.2) is 0 Å². The van der Waals surface area contributed by atoms with Gasteiger partial charge in [0.25, 0.3) is 5.91 Å². The number of hydrogen-bond donors (Lipinski definition) is 2. The summed E-state index contributed by atoms with van der Waals surface area (Å²) in [5.74, 6) is 1.51. The van der Waals surface area contributed by atoms with Gasteiger partial charge in [-0.1, -0.05) is 28.1 Å². The third-order valence-electron chi connectivity index (χ3n) is 3.80. The lowest BCUT2D eigenvalue weighted by molar-refractivity contribution is -0.118.